The van der Waals surface area contributed by atoms with E-state index in [0.717, 1.165) is 0 Å². The van der Waals surface area contributed by atoms with Gasteiger partial charge in [-0.25, -0.2) is 4.79 Å². The number of aromatic nitrogens is 1. The number of amides is 2. The minimum atomic E-state index is -0.698. The van der Waals surface area contributed by atoms with Gasteiger partial charge in [0.25, 0.3) is 0 Å². The molecule has 0 atom stereocenters. The van der Waals surface area contributed by atoms with Gasteiger partial charge in [0.2, 0.25) is 11.3 Å². The molecule has 110 valence electrons. The molecule has 1 rings (SSSR count). The Balaban J connectivity index is 2.51. The molecule has 0 aliphatic carbocycles. The number of rotatable bonds is 3. The summed E-state index contributed by atoms with van der Waals surface area (Å²) in [5, 5.41) is 4.68. The smallest absolute Gasteiger partial charge is 0.408 e. The fourth-order valence-corrected chi connectivity index (χ4v) is 1.56. The number of carbonyl (C=O) groups is 2. The number of H-pyrrole nitrogens is 1. The van der Waals surface area contributed by atoms with Crippen molar-refractivity contribution >= 4 is 33.6 Å². The van der Waals surface area contributed by atoms with E-state index in [1.54, 1.807) is 20.8 Å². The molecule has 1 aromatic rings. The first kappa shape index (κ1) is 16.2. The van der Waals surface area contributed by atoms with Gasteiger partial charge < -0.3 is 20.4 Å². The Labute approximate surface area is 124 Å². The molecule has 0 saturated carbocycles. The monoisotopic (exact) mass is 345 g/mol. The van der Waals surface area contributed by atoms with Crippen molar-refractivity contribution in [2.45, 2.75) is 26.4 Å². The van der Waals surface area contributed by atoms with Gasteiger partial charge in [0.1, 0.15) is 17.8 Å². The van der Waals surface area contributed by atoms with E-state index in [-0.39, 0.29) is 17.7 Å². The van der Waals surface area contributed by atoms with E-state index in [1.807, 2.05) is 0 Å². The molecule has 0 aliphatic heterocycles. The Morgan fingerprint density at radius 2 is 2.00 bits per heavy atom. The van der Waals surface area contributed by atoms with E-state index in [4.69, 9.17) is 4.74 Å². The molecule has 0 aromatic carbocycles. The fraction of sp³-hybridized carbons (Fsp3) is 0.417. The molecule has 0 unspecified atom stereocenters. The average Bonchev–Trinajstić information content (AvgIpc) is 2.30. The van der Waals surface area contributed by atoms with Crippen molar-refractivity contribution in [2.75, 3.05) is 11.9 Å². The van der Waals surface area contributed by atoms with Crippen LogP contribution in [0.3, 0.4) is 0 Å². The molecule has 0 radical (unpaired) electrons. The number of nitrogens with one attached hydrogen (secondary N) is 3. The summed E-state index contributed by atoms with van der Waals surface area (Å²) in [5.41, 5.74) is -0.896. The molecule has 0 aliphatic rings. The normalized spacial score (nSPS) is 10.8. The van der Waals surface area contributed by atoms with Gasteiger partial charge in [0, 0.05) is 12.4 Å². The van der Waals surface area contributed by atoms with Gasteiger partial charge in [-0.15, -0.1) is 0 Å². The summed E-state index contributed by atoms with van der Waals surface area (Å²) >= 11 is 3.05. The van der Waals surface area contributed by atoms with E-state index in [1.165, 1.54) is 12.4 Å². The second-order valence-corrected chi connectivity index (χ2v) is 5.80. The second-order valence-electron chi connectivity index (χ2n) is 4.95. The number of hydrogen-bond donors (Lipinski definition) is 3. The second kappa shape index (κ2) is 6.56. The zero-order valence-electron chi connectivity index (χ0n) is 11.4. The van der Waals surface area contributed by atoms with Crippen molar-refractivity contribution in [1.29, 1.82) is 0 Å². The first-order valence-electron chi connectivity index (χ1n) is 5.82. The number of hydrogen-bond acceptors (Lipinski definition) is 4. The van der Waals surface area contributed by atoms with Gasteiger partial charge in [0.15, 0.2) is 0 Å². The highest BCUT2D eigenvalue weighted by atomic mass is 79.9. The molecule has 0 spiro atoms. The molecular formula is C12H16BrN3O4. The Morgan fingerprint density at radius 3 is 2.60 bits per heavy atom. The number of pyridine rings is 1. The molecule has 1 aromatic heterocycles. The minimum Gasteiger partial charge on any atom is -0.444 e. The van der Waals surface area contributed by atoms with Gasteiger partial charge in [-0.05, 0) is 36.7 Å². The number of anilines is 1. The highest BCUT2D eigenvalue weighted by Gasteiger charge is 2.16. The number of halogens is 1. The first-order valence-corrected chi connectivity index (χ1v) is 6.61. The average molecular weight is 346 g/mol. The summed E-state index contributed by atoms with van der Waals surface area (Å²) in [6.45, 7) is 4.86. The predicted molar refractivity (Wildman–Crippen MR) is 77.6 cm³/mol. The summed E-state index contributed by atoms with van der Waals surface area (Å²) in [4.78, 5) is 37.3. The third-order valence-corrected chi connectivity index (χ3v) is 2.55. The number of carbonyl (C=O) groups excluding carboxylic acids is 2. The van der Waals surface area contributed by atoms with Crippen LogP contribution in [0.4, 0.5) is 10.5 Å². The van der Waals surface area contributed by atoms with Gasteiger partial charge in [0.05, 0.1) is 4.47 Å². The molecule has 0 saturated heterocycles. The van der Waals surface area contributed by atoms with Crippen LogP contribution in [0.15, 0.2) is 21.7 Å². The molecule has 2 amide bonds. The number of ether oxygens (including phenoxy) is 1. The molecule has 7 nitrogen and oxygen atoms in total. The van der Waals surface area contributed by atoms with Crippen molar-refractivity contribution in [3.63, 3.8) is 0 Å². The quantitative estimate of drug-likeness (QED) is 0.774. The van der Waals surface area contributed by atoms with Gasteiger partial charge in [-0.3, -0.25) is 9.59 Å². The van der Waals surface area contributed by atoms with Gasteiger partial charge in [-0.2, -0.15) is 0 Å². The maximum atomic E-state index is 11.6. The maximum Gasteiger partial charge on any atom is 0.408 e. The van der Waals surface area contributed by atoms with Crippen LogP contribution >= 0.6 is 15.9 Å². The summed E-state index contributed by atoms with van der Waals surface area (Å²) in [5.74, 6) is -0.528. The Morgan fingerprint density at radius 1 is 1.35 bits per heavy atom. The van der Waals surface area contributed by atoms with Crippen LogP contribution in [0.1, 0.15) is 20.8 Å². The van der Waals surface area contributed by atoms with Crippen molar-refractivity contribution in [3.8, 4) is 0 Å². The summed E-state index contributed by atoms with van der Waals surface area (Å²) in [6.07, 6.45) is 2.12. The molecular weight excluding hydrogens is 330 g/mol. The Hall–Kier alpha value is -1.83. The van der Waals surface area contributed by atoms with Gasteiger partial charge in [-0.1, -0.05) is 0 Å². The molecule has 1 heterocycles. The highest BCUT2D eigenvalue weighted by molar-refractivity contribution is 9.10. The summed E-state index contributed by atoms with van der Waals surface area (Å²) in [6, 6.07) is 0. The lowest BCUT2D eigenvalue weighted by atomic mass is 10.2. The topological polar surface area (TPSA) is 100 Å². The number of aromatic amines is 1. The molecule has 0 fully saturated rings. The van der Waals surface area contributed by atoms with Crippen LogP contribution in [0.2, 0.25) is 0 Å². The van der Waals surface area contributed by atoms with Crippen LogP contribution in [0.5, 0.6) is 0 Å². The lowest BCUT2D eigenvalue weighted by Gasteiger charge is -2.19. The van der Waals surface area contributed by atoms with E-state index in [0.29, 0.717) is 4.47 Å². The third kappa shape index (κ3) is 5.43. The van der Waals surface area contributed by atoms with E-state index in [9.17, 15) is 14.4 Å². The van der Waals surface area contributed by atoms with Gasteiger partial charge >= 0.3 is 6.09 Å². The Kier molecular flexibility index (Phi) is 5.32. The number of alkyl carbamates (subject to hydrolysis) is 1. The fourth-order valence-electron chi connectivity index (χ4n) is 1.21. The van der Waals surface area contributed by atoms with Crippen molar-refractivity contribution in [3.05, 3.63) is 27.1 Å². The SMILES string of the molecule is CC(C)(C)OC(=O)NCC(=O)Nc1c[nH]cc(Br)c1=O. The van der Waals surface area contributed by atoms with Crippen LogP contribution < -0.4 is 16.1 Å². The van der Waals surface area contributed by atoms with Crippen LogP contribution in [0, 0.1) is 0 Å². The zero-order chi connectivity index (χ0) is 15.3. The molecule has 8 heteroatoms. The largest absolute Gasteiger partial charge is 0.444 e. The van der Waals surface area contributed by atoms with Crippen LogP contribution in [-0.4, -0.2) is 29.1 Å². The maximum absolute atomic E-state index is 11.6. The van der Waals surface area contributed by atoms with Crippen LogP contribution in [-0.2, 0) is 9.53 Å². The Bertz CT molecular complexity index is 563. The predicted octanol–water partition coefficient (Wildman–Crippen LogP) is 1.60. The lowest BCUT2D eigenvalue weighted by Crippen LogP contribution is -2.37. The zero-order valence-corrected chi connectivity index (χ0v) is 13.0. The van der Waals surface area contributed by atoms with E-state index < -0.39 is 17.6 Å². The van der Waals surface area contributed by atoms with Crippen molar-refractivity contribution in [2.24, 2.45) is 0 Å². The van der Waals surface area contributed by atoms with Crippen LogP contribution in [0.25, 0.3) is 0 Å². The van der Waals surface area contributed by atoms with E-state index >= 15 is 0 Å². The minimum absolute atomic E-state index is 0.0929. The third-order valence-electron chi connectivity index (χ3n) is 1.97. The standard InChI is InChI=1S/C12H16BrN3O4/c1-12(2,3)20-11(19)15-6-9(17)16-8-5-14-4-7(13)10(8)18/h4-5H,6H2,1-3H3,(H,14,18)(H,15,19)(H,16,17). The summed E-state index contributed by atoms with van der Waals surface area (Å²) < 4.78 is 5.28. The molecule has 3 N–H and O–H groups in total. The molecule has 20 heavy (non-hydrogen) atoms. The molecule has 0 bridgehead atoms. The van der Waals surface area contributed by atoms with Crippen molar-refractivity contribution in [1.82, 2.24) is 10.3 Å². The summed E-state index contributed by atoms with van der Waals surface area (Å²) in [7, 11) is 0. The highest BCUT2D eigenvalue weighted by Crippen LogP contribution is 2.07. The first-order chi connectivity index (χ1) is 9.19. The van der Waals surface area contributed by atoms with E-state index in [2.05, 4.69) is 31.5 Å². The van der Waals surface area contributed by atoms with Crippen molar-refractivity contribution < 1.29 is 14.3 Å². The lowest BCUT2D eigenvalue weighted by molar-refractivity contribution is -0.115.